The van der Waals surface area contributed by atoms with Gasteiger partial charge in [0, 0.05) is 10.0 Å². The molecule has 0 unspecified atom stereocenters. The zero-order chi connectivity index (χ0) is 27.4. The molecule has 5 nitrogen and oxygen atoms in total. The average molecular weight is 632 g/mol. The van der Waals surface area contributed by atoms with Gasteiger partial charge in [-0.15, -0.1) is 0 Å². The van der Waals surface area contributed by atoms with E-state index in [0.29, 0.717) is 60.7 Å². The molecule has 0 saturated carbocycles. The summed E-state index contributed by atoms with van der Waals surface area (Å²) < 4.78 is 12.3. The van der Waals surface area contributed by atoms with E-state index < -0.39 is 0 Å². The number of aliphatic imine (C=N–C) groups is 1. The second-order valence-electron chi connectivity index (χ2n) is 8.38. The molecule has 4 rings (SSSR count). The highest BCUT2D eigenvalue weighted by atomic mass is 79.9. The van der Waals surface area contributed by atoms with Gasteiger partial charge in [0.05, 0.1) is 27.4 Å². The molecule has 38 heavy (non-hydrogen) atoms. The average Bonchev–Trinajstić information content (AvgIpc) is 3.17. The fourth-order valence-electron chi connectivity index (χ4n) is 3.63. The number of hydrogen-bond donors (Lipinski definition) is 0. The molecule has 0 bridgehead atoms. The fourth-order valence-corrected chi connectivity index (χ4v) is 5.55. The van der Waals surface area contributed by atoms with E-state index in [9.17, 15) is 4.79 Å². The van der Waals surface area contributed by atoms with Gasteiger partial charge in [-0.05, 0) is 108 Å². The Hall–Kier alpha value is -2.71. The van der Waals surface area contributed by atoms with Gasteiger partial charge in [-0.1, -0.05) is 48.0 Å². The second kappa shape index (κ2) is 12.4. The van der Waals surface area contributed by atoms with Gasteiger partial charge in [0.2, 0.25) is 0 Å². The van der Waals surface area contributed by atoms with Crippen LogP contribution in [0.15, 0.2) is 75.6 Å². The summed E-state index contributed by atoms with van der Waals surface area (Å²) in [6.07, 6.45) is 3.48. The van der Waals surface area contributed by atoms with Crippen LogP contribution in [0.5, 0.6) is 11.5 Å². The summed E-state index contributed by atoms with van der Waals surface area (Å²) in [4.78, 5) is 20.6. The highest BCUT2D eigenvalue weighted by Crippen LogP contribution is 2.41. The number of benzene rings is 3. The van der Waals surface area contributed by atoms with Crippen LogP contribution in [-0.4, -0.2) is 24.3 Å². The maximum Gasteiger partial charge on any atom is 0.271 e. The van der Waals surface area contributed by atoms with Crippen molar-refractivity contribution in [1.29, 1.82) is 0 Å². The molecule has 0 radical (unpaired) electrons. The van der Waals surface area contributed by atoms with Crippen molar-refractivity contribution in [3.8, 4) is 11.5 Å². The minimum atomic E-state index is -0.215. The van der Waals surface area contributed by atoms with E-state index in [1.807, 2.05) is 63.2 Å². The largest absolute Gasteiger partial charge is 0.490 e. The van der Waals surface area contributed by atoms with Gasteiger partial charge >= 0.3 is 0 Å². The third kappa shape index (κ3) is 6.29. The standard InChI is InChI=1S/C29H25BrCl2N2O3S/c1-5-11-37-27-22(30)12-19(13-25(27)36-6-2)14-26-28(35)34(21-10-8-18(4)24(32)16-21)29(38-26)33-20-9-7-17(3)23(31)15-20/h5,7-10,12-16H,1,6,11H2,2-4H3/b26-14+,33-29?. The SMILES string of the molecule is C=CCOc1c(Br)cc(/C=C2/SC(=Nc3ccc(C)c(Cl)c3)N(c3ccc(C)c(Cl)c3)C2=O)cc1OCC. The first kappa shape index (κ1) is 28.3. The van der Waals surface area contributed by atoms with Crippen LogP contribution < -0.4 is 14.4 Å². The van der Waals surface area contributed by atoms with Crippen molar-refractivity contribution in [1.82, 2.24) is 0 Å². The molecule has 0 N–H and O–H groups in total. The number of carbonyl (C=O) groups excluding carboxylic acids is 1. The predicted molar refractivity (Wildman–Crippen MR) is 164 cm³/mol. The Balaban J connectivity index is 1.79. The van der Waals surface area contributed by atoms with Crippen LogP contribution in [0.2, 0.25) is 10.0 Å². The monoisotopic (exact) mass is 630 g/mol. The summed E-state index contributed by atoms with van der Waals surface area (Å²) in [6.45, 7) is 10.2. The first-order valence-corrected chi connectivity index (χ1v) is 14.1. The van der Waals surface area contributed by atoms with Crippen LogP contribution in [0.4, 0.5) is 11.4 Å². The predicted octanol–water partition coefficient (Wildman–Crippen LogP) is 9.14. The van der Waals surface area contributed by atoms with Gasteiger partial charge in [-0.3, -0.25) is 9.69 Å². The number of thioether (sulfide) groups is 1. The molecule has 3 aromatic carbocycles. The third-order valence-electron chi connectivity index (χ3n) is 5.58. The molecule has 1 fully saturated rings. The van der Waals surface area contributed by atoms with Crippen molar-refractivity contribution in [3.05, 3.63) is 97.3 Å². The van der Waals surface area contributed by atoms with E-state index >= 15 is 0 Å². The maximum atomic E-state index is 13.7. The normalized spacial score (nSPS) is 15.4. The van der Waals surface area contributed by atoms with Crippen molar-refractivity contribution >= 4 is 79.4 Å². The third-order valence-corrected chi connectivity index (χ3v) is 7.95. The molecule has 1 heterocycles. The zero-order valence-corrected chi connectivity index (χ0v) is 25.0. The number of ether oxygens (including phenoxy) is 2. The van der Waals surface area contributed by atoms with Crippen molar-refractivity contribution < 1.29 is 14.3 Å². The Kier molecular flexibility index (Phi) is 9.26. The first-order chi connectivity index (χ1) is 18.2. The van der Waals surface area contributed by atoms with Gasteiger partial charge in [-0.25, -0.2) is 4.99 Å². The van der Waals surface area contributed by atoms with E-state index in [1.165, 1.54) is 11.8 Å². The van der Waals surface area contributed by atoms with Crippen LogP contribution in [0.25, 0.3) is 6.08 Å². The number of amides is 1. The smallest absolute Gasteiger partial charge is 0.271 e. The van der Waals surface area contributed by atoms with Crippen LogP contribution in [0, 0.1) is 13.8 Å². The maximum absolute atomic E-state index is 13.7. The molecule has 1 saturated heterocycles. The zero-order valence-electron chi connectivity index (χ0n) is 21.1. The molecular formula is C29H25BrCl2N2O3S. The van der Waals surface area contributed by atoms with Crippen LogP contribution in [-0.2, 0) is 4.79 Å². The van der Waals surface area contributed by atoms with E-state index in [-0.39, 0.29) is 5.91 Å². The lowest BCUT2D eigenvalue weighted by Crippen LogP contribution is -2.28. The molecule has 196 valence electrons. The first-order valence-electron chi connectivity index (χ1n) is 11.8. The molecule has 3 aromatic rings. The molecule has 1 amide bonds. The molecule has 0 aliphatic carbocycles. The lowest BCUT2D eigenvalue weighted by molar-refractivity contribution is -0.113. The number of halogens is 3. The van der Waals surface area contributed by atoms with E-state index in [0.717, 1.165) is 16.7 Å². The highest BCUT2D eigenvalue weighted by Gasteiger charge is 2.35. The number of carbonyl (C=O) groups is 1. The van der Waals surface area contributed by atoms with Gasteiger partial charge in [0.1, 0.15) is 6.61 Å². The van der Waals surface area contributed by atoms with E-state index in [1.54, 1.807) is 23.1 Å². The molecular weight excluding hydrogens is 607 g/mol. The lowest BCUT2D eigenvalue weighted by atomic mass is 10.1. The second-order valence-corrected chi connectivity index (χ2v) is 11.1. The Morgan fingerprint density at radius 2 is 1.76 bits per heavy atom. The van der Waals surface area contributed by atoms with Gasteiger partial charge in [0.15, 0.2) is 16.7 Å². The highest BCUT2D eigenvalue weighted by molar-refractivity contribution is 9.10. The van der Waals surface area contributed by atoms with Crippen molar-refractivity contribution in [2.45, 2.75) is 20.8 Å². The summed E-state index contributed by atoms with van der Waals surface area (Å²) in [5.41, 5.74) is 3.91. The van der Waals surface area contributed by atoms with E-state index in [2.05, 4.69) is 22.5 Å². The summed E-state index contributed by atoms with van der Waals surface area (Å²) >= 11 is 17.6. The minimum Gasteiger partial charge on any atom is -0.490 e. The summed E-state index contributed by atoms with van der Waals surface area (Å²) in [5, 5.41) is 1.67. The van der Waals surface area contributed by atoms with Crippen LogP contribution >= 0.6 is 50.9 Å². The number of hydrogen-bond acceptors (Lipinski definition) is 5. The van der Waals surface area contributed by atoms with Crippen LogP contribution in [0.3, 0.4) is 0 Å². The number of anilines is 1. The Labute approximate surface area is 245 Å². The van der Waals surface area contributed by atoms with Crippen LogP contribution in [0.1, 0.15) is 23.6 Å². The number of nitrogens with zero attached hydrogens (tertiary/aromatic N) is 2. The van der Waals surface area contributed by atoms with Crippen molar-refractivity contribution in [2.75, 3.05) is 18.1 Å². The van der Waals surface area contributed by atoms with E-state index in [4.69, 9.17) is 37.7 Å². The number of aryl methyl sites for hydroxylation is 2. The molecule has 0 aromatic heterocycles. The van der Waals surface area contributed by atoms with Gasteiger partial charge in [-0.2, -0.15) is 0 Å². The summed E-state index contributed by atoms with van der Waals surface area (Å²) in [5.74, 6) is 0.929. The molecule has 0 spiro atoms. The topological polar surface area (TPSA) is 51.1 Å². The Bertz CT molecular complexity index is 1470. The Morgan fingerprint density at radius 3 is 2.42 bits per heavy atom. The van der Waals surface area contributed by atoms with Crippen molar-refractivity contribution in [2.24, 2.45) is 4.99 Å². The molecule has 0 atom stereocenters. The van der Waals surface area contributed by atoms with Gasteiger partial charge < -0.3 is 9.47 Å². The summed E-state index contributed by atoms with van der Waals surface area (Å²) in [6, 6.07) is 14.8. The number of amidine groups is 1. The molecule has 9 heteroatoms. The lowest BCUT2D eigenvalue weighted by Gasteiger charge is -2.17. The van der Waals surface area contributed by atoms with Crippen molar-refractivity contribution in [3.63, 3.8) is 0 Å². The fraction of sp³-hybridized carbons (Fsp3) is 0.172. The van der Waals surface area contributed by atoms with Gasteiger partial charge in [0.25, 0.3) is 5.91 Å². The summed E-state index contributed by atoms with van der Waals surface area (Å²) in [7, 11) is 0. The number of rotatable bonds is 8. The molecule has 1 aliphatic heterocycles. The minimum absolute atomic E-state index is 0.215. The molecule has 1 aliphatic rings. The Morgan fingerprint density at radius 1 is 1.05 bits per heavy atom. The quantitative estimate of drug-likeness (QED) is 0.184.